The maximum Gasteiger partial charge on any atom is 0.258 e. The summed E-state index contributed by atoms with van der Waals surface area (Å²) in [6.07, 6.45) is 0. The van der Waals surface area contributed by atoms with E-state index in [1.807, 2.05) is 30.9 Å². The zero-order valence-electron chi connectivity index (χ0n) is 17.6. The quantitative estimate of drug-likeness (QED) is 0.507. The standard InChI is InChI=1S/C22H23BrCl2N4O2S/c1-13(2)21(31)29-10-8-28(9-11-29)19-17(25)4-3-5-18(19)26-22(32)27-20(30)15-12-14(23)6-7-16(15)24/h3-7,12-13H,8-11H2,1-2H3,(H2,26,27,30,32). The molecule has 0 bridgehead atoms. The number of carbonyl (C=O) groups excluding carboxylic acids is 2. The molecule has 0 atom stereocenters. The molecule has 32 heavy (non-hydrogen) atoms. The normalized spacial score (nSPS) is 13.8. The fourth-order valence-electron chi connectivity index (χ4n) is 3.45. The minimum absolute atomic E-state index is 0.0289. The Balaban J connectivity index is 1.71. The number of piperazine rings is 1. The fourth-order valence-corrected chi connectivity index (χ4v) is 4.51. The third-order valence-electron chi connectivity index (χ3n) is 5.04. The predicted molar refractivity (Wildman–Crippen MR) is 138 cm³/mol. The first kappa shape index (κ1) is 24.8. The van der Waals surface area contributed by atoms with Crippen molar-refractivity contribution < 1.29 is 9.59 Å². The van der Waals surface area contributed by atoms with Crippen LogP contribution in [0.2, 0.25) is 10.0 Å². The number of nitrogens with one attached hydrogen (secondary N) is 2. The molecule has 10 heteroatoms. The van der Waals surface area contributed by atoms with Crippen LogP contribution in [0.1, 0.15) is 24.2 Å². The Bertz CT molecular complexity index is 1040. The summed E-state index contributed by atoms with van der Waals surface area (Å²) in [7, 11) is 0. The van der Waals surface area contributed by atoms with Crippen LogP contribution in [0.25, 0.3) is 0 Å². The van der Waals surface area contributed by atoms with Crippen LogP contribution in [0.5, 0.6) is 0 Å². The monoisotopic (exact) mass is 556 g/mol. The van der Waals surface area contributed by atoms with Crippen molar-refractivity contribution in [3.8, 4) is 0 Å². The third-order valence-corrected chi connectivity index (χ3v) is 6.37. The van der Waals surface area contributed by atoms with Crippen molar-refractivity contribution >= 4 is 79.7 Å². The van der Waals surface area contributed by atoms with Crippen LogP contribution < -0.4 is 15.5 Å². The Morgan fingerprint density at radius 2 is 1.75 bits per heavy atom. The molecule has 2 aromatic carbocycles. The van der Waals surface area contributed by atoms with Crippen molar-refractivity contribution in [2.75, 3.05) is 36.4 Å². The van der Waals surface area contributed by atoms with E-state index in [9.17, 15) is 9.59 Å². The van der Waals surface area contributed by atoms with Crippen LogP contribution in [0.15, 0.2) is 40.9 Å². The topological polar surface area (TPSA) is 64.7 Å². The number of hydrogen-bond acceptors (Lipinski definition) is 4. The summed E-state index contributed by atoms with van der Waals surface area (Å²) < 4.78 is 0.734. The van der Waals surface area contributed by atoms with E-state index in [4.69, 9.17) is 35.4 Å². The van der Waals surface area contributed by atoms with Crippen molar-refractivity contribution in [3.63, 3.8) is 0 Å². The van der Waals surface area contributed by atoms with Gasteiger partial charge in [-0.1, -0.05) is 59.0 Å². The highest BCUT2D eigenvalue weighted by molar-refractivity contribution is 9.10. The summed E-state index contributed by atoms with van der Waals surface area (Å²) in [5, 5.41) is 6.74. The van der Waals surface area contributed by atoms with Crippen molar-refractivity contribution in [2.24, 2.45) is 5.92 Å². The van der Waals surface area contributed by atoms with Crippen molar-refractivity contribution in [1.29, 1.82) is 0 Å². The van der Waals surface area contributed by atoms with E-state index >= 15 is 0 Å². The lowest BCUT2D eigenvalue weighted by Gasteiger charge is -2.38. The number of amides is 2. The molecule has 1 fully saturated rings. The van der Waals surface area contributed by atoms with Crippen LogP contribution in [-0.4, -0.2) is 48.0 Å². The van der Waals surface area contributed by atoms with Crippen LogP contribution in [-0.2, 0) is 4.79 Å². The van der Waals surface area contributed by atoms with E-state index in [1.54, 1.807) is 24.3 Å². The predicted octanol–water partition coefficient (Wildman–Crippen LogP) is 5.19. The molecule has 1 aliphatic heterocycles. The van der Waals surface area contributed by atoms with Crippen LogP contribution >= 0.6 is 51.3 Å². The number of halogens is 3. The minimum atomic E-state index is -0.418. The zero-order chi connectivity index (χ0) is 23.4. The lowest BCUT2D eigenvalue weighted by molar-refractivity contribution is -0.134. The Morgan fingerprint density at radius 3 is 2.41 bits per heavy atom. The molecule has 0 aromatic heterocycles. The van der Waals surface area contributed by atoms with Crippen LogP contribution in [0, 0.1) is 5.92 Å². The highest BCUT2D eigenvalue weighted by atomic mass is 79.9. The van der Waals surface area contributed by atoms with Crippen LogP contribution in [0.4, 0.5) is 11.4 Å². The lowest BCUT2D eigenvalue weighted by Crippen LogP contribution is -2.50. The zero-order valence-corrected chi connectivity index (χ0v) is 21.5. The average Bonchev–Trinajstić information content (AvgIpc) is 2.75. The maximum absolute atomic E-state index is 12.6. The Hall–Kier alpha value is -1.87. The van der Waals surface area contributed by atoms with Gasteiger partial charge in [-0.2, -0.15) is 0 Å². The number of thiocarbonyl (C=S) groups is 1. The molecule has 170 valence electrons. The van der Waals surface area contributed by atoms with Gasteiger partial charge >= 0.3 is 0 Å². The van der Waals surface area contributed by atoms with Gasteiger partial charge in [0.2, 0.25) is 5.91 Å². The van der Waals surface area contributed by atoms with Gasteiger partial charge in [-0.25, -0.2) is 0 Å². The molecule has 2 amide bonds. The van der Waals surface area contributed by atoms with E-state index < -0.39 is 5.91 Å². The van der Waals surface area contributed by atoms with E-state index in [1.165, 1.54) is 0 Å². The molecule has 1 heterocycles. The molecule has 3 rings (SSSR count). The highest BCUT2D eigenvalue weighted by Gasteiger charge is 2.25. The number of anilines is 2. The smallest absolute Gasteiger partial charge is 0.258 e. The number of para-hydroxylation sites is 1. The minimum Gasteiger partial charge on any atom is -0.365 e. The van der Waals surface area contributed by atoms with E-state index in [-0.39, 0.29) is 16.9 Å². The summed E-state index contributed by atoms with van der Waals surface area (Å²) in [4.78, 5) is 28.9. The van der Waals surface area contributed by atoms with E-state index in [2.05, 4.69) is 31.5 Å². The van der Waals surface area contributed by atoms with Gasteiger partial charge < -0.3 is 15.1 Å². The molecule has 0 aliphatic carbocycles. The molecule has 0 radical (unpaired) electrons. The summed E-state index contributed by atoms with van der Waals surface area (Å²) in [6, 6.07) is 10.5. The van der Waals surface area contributed by atoms with Gasteiger partial charge in [0, 0.05) is 36.6 Å². The van der Waals surface area contributed by atoms with Gasteiger partial charge in [-0.3, -0.25) is 14.9 Å². The van der Waals surface area contributed by atoms with Crippen molar-refractivity contribution in [2.45, 2.75) is 13.8 Å². The van der Waals surface area contributed by atoms with Crippen molar-refractivity contribution in [1.82, 2.24) is 10.2 Å². The molecule has 1 aliphatic rings. The second-order valence-electron chi connectivity index (χ2n) is 7.64. The number of hydrogen-bond donors (Lipinski definition) is 2. The molecular weight excluding hydrogens is 535 g/mol. The molecule has 0 saturated carbocycles. The summed E-state index contributed by atoms with van der Waals surface area (Å²) in [5.41, 5.74) is 1.76. The SMILES string of the molecule is CC(C)C(=O)N1CCN(c2c(Cl)cccc2NC(=S)NC(=O)c2cc(Br)ccc2Cl)CC1. The average molecular weight is 558 g/mol. The largest absolute Gasteiger partial charge is 0.365 e. The van der Waals surface area contributed by atoms with Crippen molar-refractivity contribution in [3.05, 3.63) is 56.5 Å². The summed E-state index contributed by atoms with van der Waals surface area (Å²) in [5.74, 6) is -0.297. The molecule has 0 spiro atoms. The number of carbonyl (C=O) groups is 2. The van der Waals surface area contributed by atoms with Gasteiger partial charge in [-0.05, 0) is 42.5 Å². The van der Waals surface area contributed by atoms with Crippen LogP contribution in [0.3, 0.4) is 0 Å². The highest BCUT2D eigenvalue weighted by Crippen LogP contribution is 2.34. The number of rotatable bonds is 4. The van der Waals surface area contributed by atoms with Gasteiger partial charge in [-0.15, -0.1) is 0 Å². The first-order valence-corrected chi connectivity index (χ1v) is 12.0. The van der Waals surface area contributed by atoms with E-state index in [0.29, 0.717) is 47.5 Å². The molecule has 2 N–H and O–H groups in total. The second-order valence-corrected chi connectivity index (χ2v) is 9.77. The van der Waals surface area contributed by atoms with Gasteiger partial charge in [0.25, 0.3) is 5.91 Å². The first-order valence-electron chi connectivity index (χ1n) is 10.1. The second kappa shape index (κ2) is 10.8. The van der Waals surface area contributed by atoms with Gasteiger partial charge in [0.1, 0.15) is 0 Å². The Kier molecular flexibility index (Phi) is 8.38. The molecule has 2 aromatic rings. The number of benzene rings is 2. The molecular formula is C22H23BrCl2N4O2S. The van der Waals surface area contributed by atoms with Gasteiger partial charge in [0.05, 0.1) is 27.0 Å². The summed E-state index contributed by atoms with van der Waals surface area (Å²) in [6.45, 7) is 6.32. The van der Waals surface area contributed by atoms with Gasteiger partial charge in [0.15, 0.2) is 5.11 Å². The fraction of sp³-hybridized carbons (Fsp3) is 0.318. The summed E-state index contributed by atoms with van der Waals surface area (Å²) >= 11 is 21.4. The third kappa shape index (κ3) is 5.92. The van der Waals surface area contributed by atoms with E-state index in [0.717, 1.165) is 10.2 Å². The molecule has 0 unspecified atom stereocenters. The Morgan fingerprint density at radius 1 is 1.06 bits per heavy atom. The Labute approximate surface area is 211 Å². The first-order chi connectivity index (χ1) is 15.2. The lowest BCUT2D eigenvalue weighted by atomic mass is 10.1. The maximum atomic E-state index is 12.6. The molecule has 1 saturated heterocycles. The number of nitrogens with zero attached hydrogens (tertiary/aromatic N) is 2. The molecule has 6 nitrogen and oxygen atoms in total.